The number of hydrogen-bond acceptors (Lipinski definition) is 3. The van der Waals surface area contributed by atoms with Crippen molar-refractivity contribution in [3.05, 3.63) is 16.6 Å². The van der Waals surface area contributed by atoms with Crippen molar-refractivity contribution in [1.29, 1.82) is 0 Å². The fraction of sp³-hybridized carbons (Fsp3) is 0.727. The van der Waals surface area contributed by atoms with E-state index in [0.717, 1.165) is 6.42 Å². The molecule has 1 aliphatic carbocycles. The van der Waals surface area contributed by atoms with Gasteiger partial charge >= 0.3 is 0 Å². The number of rotatable bonds is 3. The highest BCUT2D eigenvalue weighted by Crippen LogP contribution is 2.56. The van der Waals surface area contributed by atoms with Crippen LogP contribution in [-0.4, -0.2) is 11.0 Å². The quantitative estimate of drug-likeness (QED) is 0.833. The molecule has 1 aromatic heterocycles. The summed E-state index contributed by atoms with van der Waals surface area (Å²) in [5, 5.41) is 3.35. The summed E-state index contributed by atoms with van der Waals surface area (Å²) in [4.78, 5) is 4.43. The zero-order valence-electron chi connectivity index (χ0n) is 8.86. The lowest BCUT2D eigenvalue weighted by Crippen LogP contribution is -2.55. The Hall–Kier alpha value is -0.410. The summed E-state index contributed by atoms with van der Waals surface area (Å²) in [6, 6.07) is 0.381. The molecule has 2 atom stereocenters. The van der Waals surface area contributed by atoms with Crippen LogP contribution in [0, 0.1) is 5.41 Å². The van der Waals surface area contributed by atoms with Gasteiger partial charge in [0.15, 0.2) is 0 Å². The van der Waals surface area contributed by atoms with Crippen LogP contribution in [-0.2, 0) is 0 Å². The summed E-state index contributed by atoms with van der Waals surface area (Å²) in [6.45, 7) is 4.51. The predicted octanol–water partition coefficient (Wildman–Crippen LogP) is 2.76. The fourth-order valence-electron chi connectivity index (χ4n) is 2.84. The van der Waals surface area contributed by atoms with Gasteiger partial charge in [0, 0.05) is 23.5 Å². The summed E-state index contributed by atoms with van der Waals surface area (Å²) in [5.41, 5.74) is 6.48. The van der Waals surface area contributed by atoms with E-state index >= 15 is 0 Å². The summed E-state index contributed by atoms with van der Waals surface area (Å²) in [7, 11) is 0. The minimum absolute atomic E-state index is 0.331. The molecule has 0 spiro atoms. The van der Waals surface area contributed by atoms with Gasteiger partial charge in [0.1, 0.15) is 0 Å². The molecule has 0 amide bonds. The molecule has 0 radical (unpaired) electrons. The second kappa shape index (κ2) is 3.63. The highest BCUT2D eigenvalue weighted by molar-refractivity contribution is 7.09. The lowest BCUT2D eigenvalue weighted by atomic mass is 9.54. The lowest BCUT2D eigenvalue weighted by molar-refractivity contribution is 0.0437. The third-order valence-corrected chi connectivity index (χ3v) is 4.88. The van der Waals surface area contributed by atoms with E-state index in [9.17, 15) is 0 Å². The highest BCUT2D eigenvalue weighted by atomic mass is 32.1. The molecule has 14 heavy (non-hydrogen) atoms. The van der Waals surface area contributed by atoms with Crippen LogP contribution in [0.3, 0.4) is 0 Å². The van der Waals surface area contributed by atoms with Gasteiger partial charge in [-0.2, -0.15) is 0 Å². The first-order valence-electron chi connectivity index (χ1n) is 5.39. The molecule has 2 rings (SSSR count). The Morgan fingerprint density at radius 3 is 2.71 bits per heavy atom. The van der Waals surface area contributed by atoms with E-state index in [-0.39, 0.29) is 0 Å². The Morgan fingerprint density at radius 1 is 1.57 bits per heavy atom. The van der Waals surface area contributed by atoms with E-state index in [2.05, 4.69) is 24.2 Å². The van der Waals surface area contributed by atoms with Gasteiger partial charge in [0.05, 0.1) is 5.01 Å². The van der Waals surface area contributed by atoms with E-state index in [1.54, 1.807) is 11.3 Å². The van der Waals surface area contributed by atoms with Gasteiger partial charge in [-0.05, 0) is 24.7 Å². The average Bonchev–Trinajstić information content (AvgIpc) is 2.69. The Labute approximate surface area is 89.5 Å². The number of aromatic nitrogens is 1. The summed E-state index contributed by atoms with van der Waals surface area (Å²) < 4.78 is 0. The van der Waals surface area contributed by atoms with E-state index in [1.165, 1.54) is 17.8 Å². The van der Waals surface area contributed by atoms with Gasteiger partial charge in [0.25, 0.3) is 0 Å². The van der Waals surface area contributed by atoms with Crippen molar-refractivity contribution in [1.82, 2.24) is 4.98 Å². The van der Waals surface area contributed by atoms with Crippen LogP contribution >= 0.6 is 11.3 Å². The Kier molecular flexibility index (Phi) is 2.62. The van der Waals surface area contributed by atoms with Gasteiger partial charge in [-0.15, -0.1) is 11.3 Å². The van der Waals surface area contributed by atoms with E-state index < -0.39 is 0 Å². The maximum absolute atomic E-state index is 6.15. The third kappa shape index (κ3) is 1.22. The predicted molar refractivity (Wildman–Crippen MR) is 60.5 cm³/mol. The van der Waals surface area contributed by atoms with Crippen molar-refractivity contribution in [2.75, 3.05) is 0 Å². The first-order valence-corrected chi connectivity index (χ1v) is 6.27. The smallest absolute Gasteiger partial charge is 0.0962 e. The molecule has 0 aliphatic heterocycles. The van der Waals surface area contributed by atoms with Gasteiger partial charge in [0.2, 0.25) is 0 Å². The SMILES string of the molecule is CCC1(CC)C(N)CC1c1nccs1. The zero-order chi connectivity index (χ0) is 10.2. The van der Waals surface area contributed by atoms with Crippen molar-refractivity contribution in [3.8, 4) is 0 Å². The van der Waals surface area contributed by atoms with Crippen LogP contribution in [0.5, 0.6) is 0 Å². The van der Waals surface area contributed by atoms with Gasteiger partial charge < -0.3 is 5.73 Å². The molecule has 1 heterocycles. The highest BCUT2D eigenvalue weighted by Gasteiger charge is 2.52. The number of nitrogens with two attached hydrogens (primary N) is 1. The van der Waals surface area contributed by atoms with Crippen molar-refractivity contribution in [2.24, 2.45) is 11.1 Å². The van der Waals surface area contributed by atoms with Crippen LogP contribution < -0.4 is 5.73 Å². The molecule has 2 unspecified atom stereocenters. The van der Waals surface area contributed by atoms with Crippen molar-refractivity contribution in [3.63, 3.8) is 0 Å². The van der Waals surface area contributed by atoms with E-state index in [1.807, 2.05) is 6.20 Å². The monoisotopic (exact) mass is 210 g/mol. The topological polar surface area (TPSA) is 38.9 Å². The minimum atomic E-state index is 0.331. The first-order chi connectivity index (χ1) is 6.74. The number of hydrogen-bond donors (Lipinski definition) is 1. The summed E-state index contributed by atoms with van der Waals surface area (Å²) in [6.07, 6.45) is 5.37. The third-order valence-electron chi connectivity index (χ3n) is 3.99. The van der Waals surface area contributed by atoms with Crippen LogP contribution in [0.25, 0.3) is 0 Å². The van der Waals surface area contributed by atoms with E-state index in [0.29, 0.717) is 17.4 Å². The number of thiazole rings is 1. The lowest BCUT2D eigenvalue weighted by Gasteiger charge is -2.53. The molecule has 3 heteroatoms. The molecule has 2 nitrogen and oxygen atoms in total. The molecule has 1 saturated carbocycles. The Bertz CT molecular complexity index is 290. The average molecular weight is 210 g/mol. The molecule has 0 bridgehead atoms. The van der Waals surface area contributed by atoms with Crippen LogP contribution in [0.15, 0.2) is 11.6 Å². The first kappa shape index (κ1) is 10.1. The van der Waals surface area contributed by atoms with Crippen molar-refractivity contribution in [2.45, 2.75) is 45.1 Å². The maximum atomic E-state index is 6.15. The van der Waals surface area contributed by atoms with Crippen molar-refractivity contribution >= 4 is 11.3 Å². The second-order valence-electron chi connectivity index (χ2n) is 4.21. The van der Waals surface area contributed by atoms with Gasteiger partial charge in [-0.3, -0.25) is 0 Å². The maximum Gasteiger partial charge on any atom is 0.0962 e. The molecular weight excluding hydrogens is 192 g/mol. The van der Waals surface area contributed by atoms with Gasteiger partial charge in [-0.1, -0.05) is 13.8 Å². The molecule has 0 saturated heterocycles. The standard InChI is InChI=1S/C11H18N2S/c1-3-11(4-2)8(7-9(11)12)10-13-5-6-14-10/h5-6,8-9H,3-4,7,12H2,1-2H3. The van der Waals surface area contributed by atoms with Gasteiger partial charge in [-0.25, -0.2) is 4.98 Å². The van der Waals surface area contributed by atoms with Crippen LogP contribution in [0.1, 0.15) is 44.0 Å². The Balaban J connectivity index is 2.23. The van der Waals surface area contributed by atoms with E-state index in [4.69, 9.17) is 5.73 Å². The minimum Gasteiger partial charge on any atom is -0.327 e. The zero-order valence-corrected chi connectivity index (χ0v) is 9.68. The molecule has 1 aromatic rings. The number of nitrogens with zero attached hydrogens (tertiary/aromatic N) is 1. The molecule has 78 valence electrons. The second-order valence-corrected chi connectivity index (χ2v) is 5.13. The molecule has 2 N–H and O–H groups in total. The van der Waals surface area contributed by atoms with Crippen LogP contribution in [0.2, 0.25) is 0 Å². The largest absolute Gasteiger partial charge is 0.327 e. The molecule has 1 aliphatic rings. The normalized spacial score (nSPS) is 29.9. The molecule has 1 fully saturated rings. The summed E-state index contributed by atoms with van der Waals surface area (Å²) in [5.74, 6) is 0.618. The fourth-order valence-corrected chi connectivity index (χ4v) is 3.72. The summed E-state index contributed by atoms with van der Waals surface area (Å²) >= 11 is 1.78. The Morgan fingerprint density at radius 2 is 2.29 bits per heavy atom. The molecular formula is C11H18N2S. The van der Waals surface area contributed by atoms with Crippen molar-refractivity contribution < 1.29 is 0 Å². The molecule has 0 aromatic carbocycles. The van der Waals surface area contributed by atoms with Crippen LogP contribution in [0.4, 0.5) is 0 Å².